The summed E-state index contributed by atoms with van der Waals surface area (Å²) in [4.78, 5) is 15.8. The van der Waals surface area contributed by atoms with Gasteiger partial charge in [0, 0.05) is 19.3 Å². The van der Waals surface area contributed by atoms with E-state index in [0.717, 1.165) is 30.1 Å². The first-order valence-electron chi connectivity index (χ1n) is 34.2. The first kappa shape index (κ1) is 72.7. The minimum Gasteiger partial charge on any atom is -0.459 e. The highest BCUT2D eigenvalue weighted by Crippen LogP contribution is 2.51. The number of fused-ring (bicyclic) bond motifs is 1. The maximum Gasteiger partial charge on any atom is 0.309 e. The molecule has 0 saturated carbocycles. The fraction of sp³-hybridized carbons (Fsp3) is 0.571. The lowest BCUT2D eigenvalue weighted by Gasteiger charge is -2.58. The highest BCUT2D eigenvalue weighted by molar-refractivity contribution is 7.00. The molecule has 3 heterocycles. The van der Waals surface area contributed by atoms with Crippen LogP contribution in [0.1, 0.15) is 162 Å². The molecule has 0 unspecified atom stereocenters. The second-order valence-corrected chi connectivity index (χ2v) is 49.1. The summed E-state index contributed by atoms with van der Waals surface area (Å²) in [7, 11) is -10.9. The summed E-state index contributed by atoms with van der Waals surface area (Å²) in [6.07, 6.45) is 4.16. The van der Waals surface area contributed by atoms with Crippen molar-refractivity contribution in [3.8, 4) is 0 Å². The highest BCUT2D eigenvalue weighted by Gasteiger charge is 2.62. The molecule has 14 heteroatoms. The van der Waals surface area contributed by atoms with Crippen LogP contribution < -0.4 is 20.7 Å². The number of esters is 1. The molecule has 10 nitrogen and oxygen atoms in total. The third-order valence-corrected chi connectivity index (χ3v) is 40.6. The largest absolute Gasteiger partial charge is 0.459 e. The van der Waals surface area contributed by atoms with E-state index in [2.05, 4.69) is 282 Å². The van der Waals surface area contributed by atoms with E-state index in [1.807, 2.05) is 13.0 Å². The molecule has 0 radical (unpaired) electrons. The predicted molar refractivity (Wildman–Crippen MR) is 383 cm³/mol. The molecule has 0 spiro atoms. The van der Waals surface area contributed by atoms with Gasteiger partial charge in [-0.3, -0.25) is 4.79 Å². The summed E-state index contributed by atoms with van der Waals surface area (Å²) >= 11 is 0. The van der Waals surface area contributed by atoms with Crippen LogP contribution in [0, 0.1) is 0 Å². The molecule has 5 aromatic carbocycles. The predicted octanol–water partition coefficient (Wildman–Crippen LogP) is 16.2. The van der Waals surface area contributed by atoms with Gasteiger partial charge in [0.25, 0.3) is 16.6 Å². The van der Waals surface area contributed by atoms with Gasteiger partial charge < -0.3 is 41.4 Å². The van der Waals surface area contributed by atoms with Crippen LogP contribution in [0.4, 0.5) is 0 Å². The Labute approximate surface area is 553 Å². The summed E-state index contributed by atoms with van der Waals surface area (Å²) in [5.41, 5.74) is -2.85. The van der Waals surface area contributed by atoms with Gasteiger partial charge in [0.2, 0.25) is 0 Å². The van der Waals surface area contributed by atoms with Crippen molar-refractivity contribution in [3.63, 3.8) is 0 Å². The molecule has 3 fully saturated rings. The molecule has 3 saturated heterocycles. The Morgan fingerprint density at radius 1 is 0.571 bits per heavy atom. The Bertz CT molecular complexity index is 3020. The second kappa shape index (κ2) is 29.1. The standard InChI is InChI=1S/C77H114O10Si4/c1-20-24-40-51-74(14)67(53-68-75(15,86-74)54-64(84-88(18,19)71(5,6)7)65(82-68)57-80-90(72(8,9)10,60-43-32-26-33-44-60)61-45-34-27-35-46-61)83-70(78)55-76(16)69(85-89(21-2,22-3)23-4)52-66(79-56-59-41-30-25-31-42-59)77(17,87-76)58-81-91(73(11,12)13,62-47-36-28-37-48-62)63-49-38-29-39-50-63/h20,24-39,41-50,64-69H,21-23,40,51-58H2,1-19H3/b24-20-/t64-,65+,66+,67+,68-,69-,74-,75+,76+,77-/m0/s1. The average Bonchev–Trinajstić information content (AvgIpc) is 0.780. The Morgan fingerprint density at radius 3 is 1.49 bits per heavy atom. The fourth-order valence-corrected chi connectivity index (χ4v) is 28.4. The van der Waals surface area contributed by atoms with E-state index in [1.54, 1.807) is 0 Å². The second-order valence-electron chi connectivity index (χ2n) is 31.0. The van der Waals surface area contributed by atoms with Crippen molar-refractivity contribution in [1.82, 2.24) is 0 Å². The SMILES string of the molecule is C/C=C\CC[C@]1(C)O[C@]2(C)C[C@H](O[Si](C)(C)C(C)(C)C)[C@@H](CO[Si](c3ccccc3)(c3ccccc3)C(C)(C)C)O[C@H]2C[C@H]1OC(=O)C[C@@]1(C)O[C@@](C)(CO[Si](c2ccccc2)(c2ccccc2)C(C)(C)C)[C@H](OCc2ccccc2)C[C@@H]1O[Si](CC)(CC)CC. The summed E-state index contributed by atoms with van der Waals surface area (Å²) < 4.78 is 68.2. The Hall–Kier alpha value is -4.14. The van der Waals surface area contributed by atoms with E-state index in [4.69, 9.17) is 41.4 Å². The van der Waals surface area contributed by atoms with Crippen LogP contribution in [0.2, 0.25) is 46.3 Å². The van der Waals surface area contributed by atoms with E-state index in [1.165, 1.54) is 20.7 Å². The van der Waals surface area contributed by atoms with E-state index in [-0.39, 0.29) is 40.2 Å². The number of carbonyl (C=O) groups is 1. The third kappa shape index (κ3) is 15.7. The maximum atomic E-state index is 15.8. The van der Waals surface area contributed by atoms with Crippen molar-refractivity contribution in [2.75, 3.05) is 13.2 Å². The zero-order valence-corrected chi connectivity index (χ0v) is 63.1. The number of benzene rings is 5. The number of hydrogen-bond acceptors (Lipinski definition) is 10. The van der Waals surface area contributed by atoms with Crippen LogP contribution in [0.5, 0.6) is 0 Å². The third-order valence-electron chi connectivity index (χ3n) is 21.4. The van der Waals surface area contributed by atoms with Crippen LogP contribution in [0.15, 0.2) is 164 Å². The van der Waals surface area contributed by atoms with Gasteiger partial charge in [-0.2, -0.15) is 0 Å². The first-order valence-corrected chi connectivity index (χ1v) is 43.4. The Morgan fingerprint density at radius 2 is 1.04 bits per heavy atom. The van der Waals surface area contributed by atoms with E-state index in [0.29, 0.717) is 38.9 Å². The Balaban J connectivity index is 1.17. The molecule has 5 aromatic rings. The molecule has 0 bridgehead atoms. The van der Waals surface area contributed by atoms with Crippen LogP contribution in [0.25, 0.3) is 0 Å². The number of hydrogen-bond donors (Lipinski definition) is 0. The minimum atomic E-state index is -3.11. The normalized spacial score (nSPS) is 27.2. The minimum absolute atomic E-state index is 0.0679. The van der Waals surface area contributed by atoms with E-state index < -0.39 is 86.2 Å². The van der Waals surface area contributed by atoms with E-state index >= 15 is 4.79 Å². The number of allylic oxidation sites excluding steroid dienone is 2. The van der Waals surface area contributed by atoms with Crippen molar-refractivity contribution in [2.45, 2.75) is 268 Å². The summed E-state index contributed by atoms with van der Waals surface area (Å²) in [6.45, 7) is 43.6. The summed E-state index contributed by atoms with van der Waals surface area (Å²) in [5, 5.41) is 4.14. The van der Waals surface area contributed by atoms with Gasteiger partial charge in [0.15, 0.2) is 16.6 Å². The van der Waals surface area contributed by atoms with Gasteiger partial charge in [-0.05, 0) is 120 Å². The van der Waals surface area contributed by atoms with Crippen molar-refractivity contribution in [2.24, 2.45) is 0 Å². The monoisotopic (exact) mass is 1310 g/mol. The van der Waals surface area contributed by atoms with Crippen LogP contribution >= 0.6 is 0 Å². The van der Waals surface area contributed by atoms with Crippen LogP contribution in [-0.4, -0.2) is 111 Å². The van der Waals surface area contributed by atoms with Gasteiger partial charge in [-0.25, -0.2) is 0 Å². The molecular formula is C77H114O10Si4. The quantitative estimate of drug-likeness (QED) is 0.0302. The van der Waals surface area contributed by atoms with Crippen LogP contribution in [0.3, 0.4) is 0 Å². The molecule has 91 heavy (non-hydrogen) atoms. The zero-order chi connectivity index (χ0) is 66.4. The van der Waals surface area contributed by atoms with Crippen molar-refractivity contribution >= 4 is 60.0 Å². The molecule has 3 aliphatic rings. The van der Waals surface area contributed by atoms with Gasteiger partial charge in [-0.1, -0.05) is 247 Å². The van der Waals surface area contributed by atoms with Gasteiger partial charge in [0.05, 0.1) is 56.3 Å². The molecule has 3 aliphatic heterocycles. The summed E-state index contributed by atoms with van der Waals surface area (Å²) in [5.74, 6) is -0.372. The van der Waals surface area contributed by atoms with Gasteiger partial charge in [-0.15, -0.1) is 0 Å². The Kier molecular flexibility index (Phi) is 23.2. The molecule has 0 N–H and O–H groups in total. The lowest BCUT2D eigenvalue weighted by atomic mass is 9.75. The van der Waals surface area contributed by atoms with Gasteiger partial charge in [0.1, 0.15) is 29.0 Å². The zero-order valence-electron chi connectivity index (χ0n) is 59.1. The lowest BCUT2D eigenvalue weighted by molar-refractivity contribution is -0.318. The molecule has 10 atom stereocenters. The summed E-state index contributed by atoms with van der Waals surface area (Å²) in [6, 6.07) is 56.2. The van der Waals surface area contributed by atoms with Crippen molar-refractivity contribution in [1.29, 1.82) is 0 Å². The number of carbonyl (C=O) groups excluding carboxylic acids is 1. The number of ether oxygens (including phenoxy) is 5. The highest BCUT2D eigenvalue weighted by atomic mass is 28.4. The molecule has 0 amide bonds. The van der Waals surface area contributed by atoms with Crippen LogP contribution in [-0.2, 0) is 52.8 Å². The molecule has 0 aliphatic carbocycles. The fourth-order valence-electron chi connectivity index (χ4n) is 14.9. The van der Waals surface area contributed by atoms with Crippen molar-refractivity contribution in [3.05, 3.63) is 169 Å². The van der Waals surface area contributed by atoms with Crippen molar-refractivity contribution < 1.29 is 46.2 Å². The van der Waals surface area contributed by atoms with Gasteiger partial charge >= 0.3 is 5.97 Å². The smallest absolute Gasteiger partial charge is 0.309 e. The lowest BCUT2D eigenvalue weighted by Crippen LogP contribution is -2.70. The molecule has 498 valence electrons. The van der Waals surface area contributed by atoms with E-state index in [9.17, 15) is 0 Å². The molecular weight excluding hydrogens is 1200 g/mol. The topological polar surface area (TPSA) is 100 Å². The molecule has 0 aromatic heterocycles. The first-order chi connectivity index (χ1) is 42.8. The molecule has 8 rings (SSSR count). The maximum absolute atomic E-state index is 15.8. The average molecular weight is 1310 g/mol. The number of rotatable bonds is 26.